The van der Waals surface area contributed by atoms with Crippen LogP contribution < -0.4 is 0 Å². The highest BCUT2D eigenvalue weighted by Crippen LogP contribution is 2.25. The van der Waals surface area contributed by atoms with Crippen LogP contribution in [0, 0.1) is 0 Å². The van der Waals surface area contributed by atoms with E-state index in [1.807, 2.05) is 12.1 Å². The number of aromatic hydroxyl groups is 1. The van der Waals surface area contributed by atoms with Gasteiger partial charge in [-0.15, -0.1) is 0 Å². The van der Waals surface area contributed by atoms with E-state index in [1.165, 1.54) is 22.3 Å². The van der Waals surface area contributed by atoms with Crippen LogP contribution in [0.3, 0.4) is 0 Å². The molecule has 0 heterocycles. The van der Waals surface area contributed by atoms with Crippen molar-refractivity contribution in [2.75, 3.05) is 0 Å². The van der Waals surface area contributed by atoms with Gasteiger partial charge in [0.15, 0.2) is 0 Å². The van der Waals surface area contributed by atoms with Gasteiger partial charge in [-0.3, -0.25) is 0 Å². The Morgan fingerprint density at radius 1 is 0.625 bits per heavy atom. The van der Waals surface area contributed by atoms with Crippen LogP contribution >= 0.6 is 0 Å². The molecule has 122 valence electrons. The van der Waals surface area contributed by atoms with Gasteiger partial charge in [0, 0.05) is 0 Å². The fraction of sp³-hybridized carbons (Fsp3) is 0.217. The topological polar surface area (TPSA) is 20.2 Å². The van der Waals surface area contributed by atoms with Crippen molar-refractivity contribution in [2.24, 2.45) is 0 Å². The van der Waals surface area contributed by atoms with Crippen LogP contribution in [0.4, 0.5) is 0 Å². The summed E-state index contributed by atoms with van der Waals surface area (Å²) in [4.78, 5) is 0. The maximum absolute atomic E-state index is 9.38. The van der Waals surface area contributed by atoms with Gasteiger partial charge in [0.25, 0.3) is 0 Å². The van der Waals surface area contributed by atoms with Gasteiger partial charge < -0.3 is 5.11 Å². The zero-order chi connectivity index (χ0) is 17.2. The van der Waals surface area contributed by atoms with Crippen LogP contribution in [0.15, 0.2) is 72.8 Å². The molecule has 0 unspecified atom stereocenters. The molecule has 0 aliphatic carbocycles. The molecule has 0 bridgehead atoms. The first-order valence-electron chi connectivity index (χ1n) is 8.39. The Morgan fingerprint density at radius 2 is 1.04 bits per heavy atom. The van der Waals surface area contributed by atoms with E-state index in [4.69, 9.17) is 0 Å². The van der Waals surface area contributed by atoms with Gasteiger partial charge in [-0.1, -0.05) is 81.4 Å². The predicted octanol–water partition coefficient (Wildman–Crippen LogP) is 5.95. The second kappa shape index (κ2) is 6.52. The minimum atomic E-state index is 0.199. The van der Waals surface area contributed by atoms with Gasteiger partial charge in [0.1, 0.15) is 5.75 Å². The smallest absolute Gasteiger partial charge is 0.115 e. The van der Waals surface area contributed by atoms with E-state index in [2.05, 4.69) is 69.3 Å². The summed E-state index contributed by atoms with van der Waals surface area (Å²) in [7, 11) is 0. The summed E-state index contributed by atoms with van der Waals surface area (Å²) in [5.74, 6) is 0.300. The quantitative estimate of drug-likeness (QED) is 0.633. The number of phenols is 1. The first-order chi connectivity index (χ1) is 11.4. The highest BCUT2D eigenvalue weighted by atomic mass is 16.3. The third-order valence-electron chi connectivity index (χ3n) is 4.38. The Balaban J connectivity index is 1.73. The van der Waals surface area contributed by atoms with Gasteiger partial charge in [0.2, 0.25) is 0 Å². The molecule has 0 radical (unpaired) electrons. The second-order valence-electron chi connectivity index (χ2n) is 7.37. The minimum absolute atomic E-state index is 0.199. The van der Waals surface area contributed by atoms with Crippen molar-refractivity contribution in [3.05, 3.63) is 89.5 Å². The maximum atomic E-state index is 9.38. The van der Waals surface area contributed by atoms with Crippen molar-refractivity contribution < 1.29 is 5.11 Å². The SMILES string of the molecule is CC(C)(C)c1ccc(Cc2ccc(-c3ccc(O)cc3)cc2)cc1. The van der Waals surface area contributed by atoms with Gasteiger partial charge in [-0.25, -0.2) is 0 Å². The molecule has 0 aromatic heterocycles. The lowest BCUT2D eigenvalue weighted by atomic mass is 9.86. The van der Waals surface area contributed by atoms with Crippen molar-refractivity contribution in [1.29, 1.82) is 0 Å². The Bertz CT molecular complexity index is 789. The molecule has 0 saturated heterocycles. The molecule has 1 N–H and O–H groups in total. The van der Waals surface area contributed by atoms with Crippen molar-refractivity contribution in [1.82, 2.24) is 0 Å². The summed E-state index contributed by atoms with van der Waals surface area (Å²) in [6, 6.07) is 24.9. The van der Waals surface area contributed by atoms with Crippen LogP contribution in [0.1, 0.15) is 37.5 Å². The molecule has 0 aliphatic heterocycles. The first kappa shape index (κ1) is 16.3. The third kappa shape index (κ3) is 3.86. The van der Waals surface area contributed by atoms with Crippen LogP contribution in [0.2, 0.25) is 0 Å². The van der Waals surface area contributed by atoms with E-state index >= 15 is 0 Å². The average molecular weight is 316 g/mol. The Morgan fingerprint density at radius 3 is 1.50 bits per heavy atom. The lowest BCUT2D eigenvalue weighted by Gasteiger charge is -2.19. The second-order valence-corrected chi connectivity index (χ2v) is 7.37. The molecule has 0 fully saturated rings. The monoisotopic (exact) mass is 316 g/mol. The molecule has 1 nitrogen and oxygen atoms in total. The van der Waals surface area contributed by atoms with E-state index in [9.17, 15) is 5.11 Å². The van der Waals surface area contributed by atoms with Crippen molar-refractivity contribution in [3.8, 4) is 16.9 Å². The molecule has 24 heavy (non-hydrogen) atoms. The molecule has 0 aliphatic rings. The van der Waals surface area contributed by atoms with Crippen LogP contribution in [-0.2, 0) is 11.8 Å². The summed E-state index contributed by atoms with van der Waals surface area (Å²) in [6.07, 6.45) is 0.945. The van der Waals surface area contributed by atoms with Crippen LogP contribution in [0.5, 0.6) is 5.75 Å². The minimum Gasteiger partial charge on any atom is -0.508 e. The molecule has 3 rings (SSSR count). The summed E-state index contributed by atoms with van der Waals surface area (Å²) in [5.41, 5.74) is 6.50. The molecule has 0 atom stereocenters. The molecule has 0 saturated carbocycles. The number of hydrogen-bond acceptors (Lipinski definition) is 1. The molecule has 3 aromatic rings. The fourth-order valence-electron chi connectivity index (χ4n) is 2.83. The van der Waals surface area contributed by atoms with Crippen molar-refractivity contribution in [3.63, 3.8) is 0 Å². The summed E-state index contributed by atoms with van der Waals surface area (Å²) in [6.45, 7) is 6.72. The molecule has 1 heteroatoms. The zero-order valence-corrected chi connectivity index (χ0v) is 14.6. The Kier molecular flexibility index (Phi) is 4.44. The molecule has 3 aromatic carbocycles. The number of phenolic OH excluding ortho intramolecular Hbond substituents is 1. The van der Waals surface area contributed by atoms with E-state index in [0.717, 1.165) is 12.0 Å². The first-order valence-corrected chi connectivity index (χ1v) is 8.39. The number of rotatable bonds is 3. The third-order valence-corrected chi connectivity index (χ3v) is 4.38. The Labute approximate surface area is 144 Å². The lowest BCUT2D eigenvalue weighted by Crippen LogP contribution is -2.10. The molecular formula is C23H24O. The Hall–Kier alpha value is -2.54. The van der Waals surface area contributed by atoms with Crippen molar-refractivity contribution >= 4 is 0 Å². The maximum Gasteiger partial charge on any atom is 0.115 e. The van der Waals surface area contributed by atoms with Gasteiger partial charge >= 0.3 is 0 Å². The van der Waals surface area contributed by atoms with E-state index in [-0.39, 0.29) is 5.41 Å². The summed E-state index contributed by atoms with van der Waals surface area (Å²) < 4.78 is 0. The van der Waals surface area contributed by atoms with E-state index in [1.54, 1.807) is 12.1 Å². The van der Waals surface area contributed by atoms with Crippen molar-refractivity contribution in [2.45, 2.75) is 32.6 Å². The average Bonchev–Trinajstić information content (AvgIpc) is 2.56. The highest BCUT2D eigenvalue weighted by Gasteiger charge is 2.12. The normalized spacial score (nSPS) is 11.5. The van der Waals surface area contributed by atoms with Crippen LogP contribution in [0.25, 0.3) is 11.1 Å². The van der Waals surface area contributed by atoms with E-state index in [0.29, 0.717) is 5.75 Å². The standard InChI is InChI=1S/C23H24O/c1-23(2,3)21-12-6-18(7-13-21)16-17-4-8-19(9-5-17)20-10-14-22(24)15-11-20/h4-15,24H,16H2,1-3H3. The fourth-order valence-corrected chi connectivity index (χ4v) is 2.83. The van der Waals surface area contributed by atoms with Gasteiger partial charge in [-0.2, -0.15) is 0 Å². The van der Waals surface area contributed by atoms with E-state index < -0.39 is 0 Å². The number of hydrogen-bond donors (Lipinski definition) is 1. The summed E-state index contributed by atoms with van der Waals surface area (Å²) in [5, 5.41) is 9.38. The molecule has 0 spiro atoms. The molecular weight excluding hydrogens is 292 g/mol. The predicted molar refractivity (Wildman–Crippen MR) is 101 cm³/mol. The highest BCUT2D eigenvalue weighted by molar-refractivity contribution is 5.64. The van der Waals surface area contributed by atoms with Gasteiger partial charge in [-0.05, 0) is 51.8 Å². The summed E-state index contributed by atoms with van der Waals surface area (Å²) >= 11 is 0. The lowest BCUT2D eigenvalue weighted by molar-refractivity contribution is 0.475. The molecule has 0 amide bonds. The number of benzene rings is 3. The van der Waals surface area contributed by atoms with Gasteiger partial charge in [0.05, 0.1) is 0 Å². The zero-order valence-electron chi connectivity index (χ0n) is 14.6. The largest absolute Gasteiger partial charge is 0.508 e. The van der Waals surface area contributed by atoms with Crippen LogP contribution in [-0.4, -0.2) is 5.11 Å².